The number of hydrogen-bond donors (Lipinski definition) is 2. The van der Waals surface area contributed by atoms with Crippen LogP contribution >= 0.6 is 0 Å². The Kier molecular flexibility index (Phi) is 9.32. The van der Waals surface area contributed by atoms with Crippen molar-refractivity contribution in [3.8, 4) is 0 Å². The number of likely N-dealkylation sites (tertiary alicyclic amines) is 3. The van der Waals surface area contributed by atoms with E-state index in [0.29, 0.717) is 38.8 Å². The van der Waals surface area contributed by atoms with Crippen molar-refractivity contribution in [2.24, 2.45) is 11.7 Å². The monoisotopic (exact) mass is 507 g/mol. The summed E-state index contributed by atoms with van der Waals surface area (Å²) in [5, 5.41) is 2.90. The van der Waals surface area contributed by atoms with Crippen LogP contribution in [0.15, 0.2) is 0 Å². The van der Waals surface area contributed by atoms with Gasteiger partial charge in [-0.05, 0) is 58.8 Å². The zero-order valence-corrected chi connectivity index (χ0v) is 21.9. The summed E-state index contributed by atoms with van der Waals surface area (Å²) in [7, 11) is 0. The number of nitrogens with one attached hydrogen (secondary N) is 1. The van der Waals surface area contributed by atoms with Crippen molar-refractivity contribution >= 4 is 30.1 Å². The van der Waals surface area contributed by atoms with E-state index in [4.69, 9.17) is 10.5 Å². The van der Waals surface area contributed by atoms with Crippen LogP contribution in [0.2, 0.25) is 0 Å². The lowest BCUT2D eigenvalue weighted by atomic mass is 9.99. The minimum absolute atomic E-state index is 0.0374. The predicted molar refractivity (Wildman–Crippen MR) is 131 cm³/mol. The highest BCUT2D eigenvalue weighted by Gasteiger charge is 2.44. The van der Waals surface area contributed by atoms with Crippen LogP contribution in [0, 0.1) is 5.92 Å². The standard InChI is InChI=1S/C25H41N5O6/c1-15(2)27-23(33)19-7-5-6-8-29(19)24(34)20-11-18(26)13-30(20)22(32)10-17(4)36-25(35)21-9-16(3)12-28(21)14-31/h14-21H,5-13,26H2,1-4H3,(H,27,33)/t16-,17?,18?,19?,20?,21?/m1/s1. The maximum Gasteiger partial charge on any atom is 0.329 e. The van der Waals surface area contributed by atoms with E-state index in [1.165, 1.54) is 9.80 Å². The first kappa shape index (κ1) is 27.9. The Balaban J connectivity index is 1.63. The number of amides is 4. The number of nitrogens with two attached hydrogens (primary N) is 1. The summed E-state index contributed by atoms with van der Waals surface area (Å²) in [5.41, 5.74) is 6.15. The quantitative estimate of drug-likeness (QED) is 0.348. The normalized spacial score (nSPS) is 29.3. The molecule has 3 N–H and O–H groups in total. The van der Waals surface area contributed by atoms with Crippen molar-refractivity contribution in [2.75, 3.05) is 19.6 Å². The van der Waals surface area contributed by atoms with Crippen LogP contribution in [0.1, 0.15) is 66.2 Å². The molecule has 3 saturated heterocycles. The number of carbonyl (C=O) groups excluding carboxylic acids is 5. The van der Waals surface area contributed by atoms with Crippen molar-refractivity contribution in [3.05, 3.63) is 0 Å². The molecule has 4 amide bonds. The molecule has 3 aliphatic heterocycles. The van der Waals surface area contributed by atoms with Crippen molar-refractivity contribution in [1.82, 2.24) is 20.0 Å². The molecule has 0 aromatic carbocycles. The van der Waals surface area contributed by atoms with Crippen LogP contribution in [0.3, 0.4) is 0 Å². The summed E-state index contributed by atoms with van der Waals surface area (Å²) in [6.45, 7) is 8.53. The van der Waals surface area contributed by atoms with Crippen molar-refractivity contribution < 1.29 is 28.7 Å². The number of rotatable bonds is 8. The van der Waals surface area contributed by atoms with Gasteiger partial charge in [0.25, 0.3) is 0 Å². The van der Waals surface area contributed by atoms with Gasteiger partial charge in [-0.1, -0.05) is 6.92 Å². The largest absolute Gasteiger partial charge is 0.461 e. The highest BCUT2D eigenvalue weighted by molar-refractivity contribution is 5.93. The van der Waals surface area contributed by atoms with Gasteiger partial charge in [-0.25, -0.2) is 4.79 Å². The Labute approximate surface area is 213 Å². The van der Waals surface area contributed by atoms with Crippen LogP contribution < -0.4 is 11.1 Å². The van der Waals surface area contributed by atoms with Crippen LogP contribution in [0.4, 0.5) is 0 Å². The third-order valence-corrected chi connectivity index (χ3v) is 7.19. The zero-order chi connectivity index (χ0) is 26.6. The summed E-state index contributed by atoms with van der Waals surface area (Å²) in [4.78, 5) is 67.9. The highest BCUT2D eigenvalue weighted by atomic mass is 16.5. The summed E-state index contributed by atoms with van der Waals surface area (Å²) in [6.07, 6.45) is 2.93. The van der Waals surface area contributed by atoms with E-state index >= 15 is 0 Å². The Morgan fingerprint density at radius 3 is 2.42 bits per heavy atom. The fourth-order valence-corrected chi connectivity index (χ4v) is 5.53. The Bertz CT molecular complexity index is 851. The molecule has 0 bridgehead atoms. The average Bonchev–Trinajstić information content (AvgIpc) is 3.40. The molecule has 0 spiro atoms. The van der Waals surface area contributed by atoms with Crippen molar-refractivity contribution in [1.29, 1.82) is 0 Å². The molecule has 202 valence electrons. The molecule has 11 nitrogen and oxygen atoms in total. The van der Waals surface area contributed by atoms with E-state index in [9.17, 15) is 24.0 Å². The van der Waals surface area contributed by atoms with E-state index < -0.39 is 30.2 Å². The van der Waals surface area contributed by atoms with E-state index in [1.807, 2.05) is 20.8 Å². The second-order valence-electron chi connectivity index (χ2n) is 10.9. The maximum absolute atomic E-state index is 13.6. The van der Waals surface area contributed by atoms with E-state index in [-0.39, 0.29) is 48.7 Å². The molecule has 0 aromatic rings. The van der Waals surface area contributed by atoms with Gasteiger partial charge >= 0.3 is 5.97 Å². The van der Waals surface area contributed by atoms with Gasteiger partial charge in [0, 0.05) is 31.7 Å². The molecule has 0 saturated carbocycles. The van der Waals surface area contributed by atoms with Gasteiger partial charge in [0.15, 0.2) is 0 Å². The van der Waals surface area contributed by atoms with E-state index in [1.54, 1.807) is 11.8 Å². The number of carbonyl (C=O) groups is 5. The van der Waals surface area contributed by atoms with Crippen LogP contribution in [-0.2, 0) is 28.7 Å². The van der Waals surface area contributed by atoms with E-state index in [0.717, 1.165) is 12.8 Å². The second kappa shape index (κ2) is 12.0. The molecule has 0 aliphatic carbocycles. The molecule has 6 atom stereocenters. The fraction of sp³-hybridized carbons (Fsp3) is 0.800. The Morgan fingerprint density at radius 1 is 1.03 bits per heavy atom. The summed E-state index contributed by atoms with van der Waals surface area (Å²) in [6, 6.07) is -2.34. The number of nitrogens with zero attached hydrogens (tertiary/aromatic N) is 3. The van der Waals surface area contributed by atoms with Gasteiger partial charge in [0.2, 0.25) is 24.1 Å². The first-order valence-corrected chi connectivity index (χ1v) is 13.1. The summed E-state index contributed by atoms with van der Waals surface area (Å²) < 4.78 is 5.50. The predicted octanol–water partition coefficient (Wildman–Crippen LogP) is 0.00890. The Hall–Kier alpha value is -2.69. The molecule has 36 heavy (non-hydrogen) atoms. The molecule has 0 radical (unpaired) electrons. The lowest BCUT2D eigenvalue weighted by Crippen LogP contribution is -2.57. The summed E-state index contributed by atoms with van der Waals surface area (Å²) >= 11 is 0. The number of esters is 1. The fourth-order valence-electron chi connectivity index (χ4n) is 5.53. The molecule has 3 fully saturated rings. The first-order chi connectivity index (χ1) is 17.0. The summed E-state index contributed by atoms with van der Waals surface area (Å²) in [5.74, 6) is -1.09. The molecule has 3 aliphatic rings. The van der Waals surface area contributed by atoms with Crippen molar-refractivity contribution in [3.63, 3.8) is 0 Å². The van der Waals surface area contributed by atoms with Gasteiger partial charge in [0.05, 0.1) is 6.42 Å². The topological polar surface area (TPSA) is 142 Å². The first-order valence-electron chi connectivity index (χ1n) is 13.1. The average molecular weight is 508 g/mol. The van der Waals surface area contributed by atoms with Crippen LogP contribution in [-0.4, -0.2) is 101 Å². The van der Waals surface area contributed by atoms with Crippen molar-refractivity contribution in [2.45, 2.75) is 103 Å². The van der Waals surface area contributed by atoms with Gasteiger partial charge < -0.3 is 30.5 Å². The maximum atomic E-state index is 13.6. The SMILES string of the molecule is CC(C)NC(=O)C1CCCCN1C(=O)C1CC(N)CN1C(=O)CC(C)OC(=O)C1C[C@@H](C)CN1C=O. The zero-order valence-electron chi connectivity index (χ0n) is 21.9. The highest BCUT2D eigenvalue weighted by Crippen LogP contribution is 2.26. The van der Waals surface area contributed by atoms with Gasteiger partial charge in [-0.2, -0.15) is 0 Å². The van der Waals surface area contributed by atoms with E-state index in [2.05, 4.69) is 5.32 Å². The molecule has 5 unspecified atom stereocenters. The molecule has 0 aromatic heterocycles. The molecule has 11 heteroatoms. The van der Waals surface area contributed by atoms with Gasteiger partial charge in [-0.3, -0.25) is 19.2 Å². The van der Waals surface area contributed by atoms with Crippen LogP contribution in [0.5, 0.6) is 0 Å². The third-order valence-electron chi connectivity index (χ3n) is 7.19. The minimum Gasteiger partial charge on any atom is -0.461 e. The van der Waals surface area contributed by atoms with Gasteiger partial charge in [-0.15, -0.1) is 0 Å². The lowest BCUT2D eigenvalue weighted by Gasteiger charge is -2.38. The third kappa shape index (κ3) is 6.54. The Morgan fingerprint density at radius 2 is 1.75 bits per heavy atom. The number of hydrogen-bond acceptors (Lipinski definition) is 7. The molecular weight excluding hydrogens is 466 g/mol. The molecule has 3 rings (SSSR count). The number of piperidine rings is 1. The smallest absolute Gasteiger partial charge is 0.329 e. The lowest BCUT2D eigenvalue weighted by molar-refractivity contribution is -0.158. The van der Waals surface area contributed by atoms with Gasteiger partial charge in [0.1, 0.15) is 24.2 Å². The number of ether oxygens (including phenoxy) is 1. The minimum atomic E-state index is -0.746. The molecular formula is C25H41N5O6. The second-order valence-corrected chi connectivity index (χ2v) is 10.9. The molecule has 3 heterocycles. The van der Waals surface area contributed by atoms with Crippen LogP contribution in [0.25, 0.3) is 0 Å².